The number of morpholine rings is 1. The number of nitrogens with zero attached hydrogens (tertiary/aromatic N) is 1. The summed E-state index contributed by atoms with van der Waals surface area (Å²) in [5.41, 5.74) is 1.12. The number of hydrogen-bond acceptors (Lipinski definition) is 3. The maximum absolute atomic E-state index is 11.2. The summed E-state index contributed by atoms with van der Waals surface area (Å²) in [6.45, 7) is 9.51. The maximum atomic E-state index is 11.2. The van der Waals surface area contributed by atoms with Crippen LogP contribution in [0.4, 0.5) is 5.69 Å². The summed E-state index contributed by atoms with van der Waals surface area (Å²) < 4.78 is 5.85. The predicted molar refractivity (Wildman–Crippen MR) is 91.2 cm³/mol. The van der Waals surface area contributed by atoms with Gasteiger partial charge in [0.2, 0.25) is 0 Å². The van der Waals surface area contributed by atoms with E-state index in [1.807, 2.05) is 12.1 Å². The number of nitro groups is 1. The summed E-state index contributed by atoms with van der Waals surface area (Å²) in [4.78, 5) is 14.1. The van der Waals surface area contributed by atoms with Gasteiger partial charge in [0.1, 0.15) is 31.8 Å². The van der Waals surface area contributed by atoms with E-state index in [9.17, 15) is 10.1 Å². The molecule has 6 nitrogen and oxygen atoms in total. The average Bonchev–Trinajstić information content (AvgIpc) is 2.55. The lowest BCUT2D eigenvalue weighted by Gasteiger charge is -2.39. The van der Waals surface area contributed by atoms with Crippen LogP contribution in [0.3, 0.4) is 0 Å². The highest BCUT2D eigenvalue weighted by Crippen LogP contribution is 2.16. The van der Waals surface area contributed by atoms with Crippen LogP contribution in [-0.2, 0) is 11.3 Å². The number of ether oxygens (including phenoxy) is 1. The number of quaternary nitrogens is 2. The van der Waals surface area contributed by atoms with E-state index in [-0.39, 0.29) is 10.6 Å². The van der Waals surface area contributed by atoms with Crippen molar-refractivity contribution in [3.63, 3.8) is 0 Å². The Morgan fingerprint density at radius 2 is 1.79 bits per heavy atom. The van der Waals surface area contributed by atoms with Gasteiger partial charge in [-0.1, -0.05) is 12.1 Å². The molecule has 0 bridgehead atoms. The molecule has 24 heavy (non-hydrogen) atoms. The van der Waals surface area contributed by atoms with Crippen molar-refractivity contribution >= 4 is 5.69 Å². The van der Waals surface area contributed by atoms with Gasteiger partial charge >= 0.3 is 0 Å². The molecule has 1 aromatic carbocycles. The Morgan fingerprint density at radius 1 is 1.17 bits per heavy atom. The van der Waals surface area contributed by atoms with Crippen LogP contribution in [0.25, 0.3) is 0 Å². The number of rotatable bonds is 4. The third-order valence-electron chi connectivity index (χ3n) is 5.46. The van der Waals surface area contributed by atoms with Gasteiger partial charge in [0.05, 0.1) is 29.6 Å². The number of nitro benzene ring substituents is 1. The Bertz CT molecular complexity index is 562. The van der Waals surface area contributed by atoms with Crippen molar-refractivity contribution in [3.8, 4) is 0 Å². The second kappa shape index (κ2) is 7.59. The fourth-order valence-electron chi connectivity index (χ4n) is 4.37. The van der Waals surface area contributed by atoms with E-state index in [1.165, 1.54) is 17.7 Å². The van der Waals surface area contributed by atoms with Crippen LogP contribution < -0.4 is 9.80 Å². The van der Waals surface area contributed by atoms with E-state index in [0.29, 0.717) is 18.2 Å². The fraction of sp³-hybridized carbons (Fsp3) is 0.667. The van der Waals surface area contributed by atoms with E-state index < -0.39 is 0 Å². The zero-order valence-corrected chi connectivity index (χ0v) is 14.7. The first-order valence-electron chi connectivity index (χ1n) is 9.09. The van der Waals surface area contributed by atoms with Crippen molar-refractivity contribution in [2.24, 2.45) is 0 Å². The Hall–Kier alpha value is -1.50. The number of nitrogens with one attached hydrogen (secondary N) is 2. The standard InChI is InChI=1S/C18H27N3O3/c1-14-11-20(12-15(2)24-14)17-7-9-19(10-8-17)13-16-5-3-4-6-18(16)21(22)23/h3-6,14-15,17H,7-13H2,1-2H3/p+2/t14-,15-/m0/s1. The first-order chi connectivity index (χ1) is 11.5. The number of piperidine rings is 1. The minimum Gasteiger partial charge on any atom is -0.364 e. The van der Waals surface area contributed by atoms with Crippen LogP contribution in [0.2, 0.25) is 0 Å². The molecule has 0 aliphatic carbocycles. The molecule has 0 amide bonds. The van der Waals surface area contributed by atoms with Crippen LogP contribution in [-0.4, -0.2) is 49.4 Å². The molecule has 2 fully saturated rings. The Morgan fingerprint density at radius 3 is 2.42 bits per heavy atom. The zero-order valence-electron chi connectivity index (χ0n) is 14.7. The SMILES string of the molecule is C[C@H]1C[NH+](C2CC[NH+](Cc3ccccc3[N+](=O)[O-])CC2)C[C@H](C)O1. The first-order valence-corrected chi connectivity index (χ1v) is 9.09. The van der Waals surface area contributed by atoms with Crippen molar-refractivity contribution < 1.29 is 19.5 Å². The number of benzene rings is 1. The molecule has 0 spiro atoms. The van der Waals surface area contributed by atoms with Gasteiger partial charge in [-0.05, 0) is 19.9 Å². The molecule has 0 aromatic heterocycles. The van der Waals surface area contributed by atoms with Crippen molar-refractivity contribution in [1.82, 2.24) is 0 Å². The van der Waals surface area contributed by atoms with Crippen molar-refractivity contribution in [2.45, 2.75) is 51.5 Å². The van der Waals surface area contributed by atoms with Gasteiger partial charge in [0.25, 0.3) is 5.69 Å². The van der Waals surface area contributed by atoms with E-state index in [1.54, 1.807) is 17.0 Å². The van der Waals surface area contributed by atoms with Gasteiger partial charge in [-0.2, -0.15) is 0 Å². The molecular formula is C18H29N3O3+2. The average molecular weight is 335 g/mol. The van der Waals surface area contributed by atoms with E-state index in [2.05, 4.69) is 13.8 Å². The molecule has 2 N–H and O–H groups in total. The third kappa shape index (κ3) is 4.12. The molecule has 6 heteroatoms. The molecule has 0 radical (unpaired) electrons. The third-order valence-corrected chi connectivity index (χ3v) is 5.46. The van der Waals surface area contributed by atoms with Gasteiger partial charge in [-0.15, -0.1) is 0 Å². The minimum atomic E-state index is -0.262. The van der Waals surface area contributed by atoms with E-state index in [4.69, 9.17) is 4.74 Å². The molecule has 2 saturated heterocycles. The second-order valence-corrected chi connectivity index (χ2v) is 7.41. The monoisotopic (exact) mass is 335 g/mol. The molecule has 2 aliphatic rings. The van der Waals surface area contributed by atoms with Gasteiger partial charge in [-0.25, -0.2) is 0 Å². The molecule has 0 unspecified atom stereocenters. The topological polar surface area (TPSA) is 61.2 Å². The van der Waals surface area contributed by atoms with Crippen molar-refractivity contribution in [3.05, 3.63) is 39.9 Å². The second-order valence-electron chi connectivity index (χ2n) is 7.41. The van der Waals surface area contributed by atoms with Crippen LogP contribution >= 0.6 is 0 Å². The molecule has 132 valence electrons. The fourth-order valence-corrected chi connectivity index (χ4v) is 4.37. The lowest BCUT2D eigenvalue weighted by molar-refractivity contribution is -0.970. The van der Waals surface area contributed by atoms with Crippen LogP contribution in [0.15, 0.2) is 24.3 Å². The quantitative estimate of drug-likeness (QED) is 0.593. The number of hydrogen-bond donors (Lipinski definition) is 2. The summed E-state index contributed by atoms with van der Waals surface area (Å²) in [5, 5.41) is 11.2. The Labute approximate surface area is 143 Å². The molecule has 0 saturated carbocycles. The summed E-state index contributed by atoms with van der Waals surface area (Å²) in [6, 6.07) is 7.87. The molecule has 1 aromatic rings. The molecule has 2 atom stereocenters. The maximum Gasteiger partial charge on any atom is 0.278 e. The Balaban J connectivity index is 1.55. The van der Waals surface area contributed by atoms with Crippen LogP contribution in [0.5, 0.6) is 0 Å². The van der Waals surface area contributed by atoms with E-state index >= 15 is 0 Å². The highest BCUT2D eigenvalue weighted by molar-refractivity contribution is 5.39. The van der Waals surface area contributed by atoms with Gasteiger partial charge in [-0.3, -0.25) is 10.1 Å². The molecule has 2 heterocycles. The van der Waals surface area contributed by atoms with Gasteiger partial charge < -0.3 is 14.5 Å². The summed E-state index contributed by atoms with van der Waals surface area (Å²) in [6.07, 6.45) is 3.09. The number of para-hydroxylation sites is 1. The minimum absolute atomic E-state index is 0.258. The highest BCUT2D eigenvalue weighted by atomic mass is 16.6. The van der Waals surface area contributed by atoms with E-state index in [0.717, 1.165) is 38.3 Å². The normalized spacial score (nSPS) is 34.0. The van der Waals surface area contributed by atoms with Crippen molar-refractivity contribution in [1.29, 1.82) is 0 Å². The summed E-state index contributed by atoms with van der Waals surface area (Å²) >= 11 is 0. The van der Waals surface area contributed by atoms with Crippen LogP contribution in [0.1, 0.15) is 32.3 Å². The smallest absolute Gasteiger partial charge is 0.278 e. The largest absolute Gasteiger partial charge is 0.364 e. The molecule has 3 rings (SSSR count). The number of likely N-dealkylation sites (tertiary alicyclic amines) is 1. The zero-order chi connectivity index (χ0) is 17.1. The van der Waals surface area contributed by atoms with Gasteiger partial charge in [0, 0.05) is 18.9 Å². The van der Waals surface area contributed by atoms with Crippen molar-refractivity contribution in [2.75, 3.05) is 26.2 Å². The summed E-state index contributed by atoms with van der Waals surface area (Å²) in [5.74, 6) is 0. The Kier molecular flexibility index (Phi) is 5.48. The molecular weight excluding hydrogens is 306 g/mol. The summed E-state index contributed by atoms with van der Waals surface area (Å²) in [7, 11) is 0. The highest BCUT2D eigenvalue weighted by Gasteiger charge is 2.35. The first kappa shape index (κ1) is 17.3. The lowest BCUT2D eigenvalue weighted by Crippen LogP contribution is -3.22. The van der Waals surface area contributed by atoms with Gasteiger partial charge in [0.15, 0.2) is 0 Å². The lowest BCUT2D eigenvalue weighted by atomic mass is 10.0. The van der Waals surface area contributed by atoms with Crippen LogP contribution in [0, 0.1) is 10.1 Å². The molecule has 2 aliphatic heterocycles. The predicted octanol–water partition coefficient (Wildman–Crippen LogP) is -0.166.